The van der Waals surface area contributed by atoms with Crippen LogP contribution in [0, 0.1) is 17.3 Å². The Morgan fingerprint density at radius 1 is 1.61 bits per heavy atom. The number of aliphatic hydroxyl groups is 1. The standard InChI is InChI=1S/C17H28O/c1-6-8-15-9-10-16(17(15,4)5)13(3)11-14(7-2)12-18/h6,9,14,16,18H,1,3,7-8,10-12H2,2,4-5H3. The third-order valence-electron chi connectivity index (χ3n) is 4.54. The van der Waals surface area contributed by atoms with Crippen molar-refractivity contribution in [2.45, 2.75) is 46.5 Å². The third kappa shape index (κ3) is 3.14. The predicted molar refractivity (Wildman–Crippen MR) is 79.4 cm³/mol. The van der Waals surface area contributed by atoms with Gasteiger partial charge in [-0.25, -0.2) is 0 Å². The molecule has 0 aromatic heterocycles. The van der Waals surface area contributed by atoms with Crippen molar-refractivity contribution in [3.63, 3.8) is 0 Å². The smallest absolute Gasteiger partial charge is 0.0462 e. The van der Waals surface area contributed by atoms with E-state index in [-0.39, 0.29) is 12.0 Å². The predicted octanol–water partition coefficient (Wildman–Crippen LogP) is 4.50. The second kappa shape index (κ2) is 6.38. The number of allylic oxidation sites excluding steroid dienone is 4. The van der Waals surface area contributed by atoms with Crippen molar-refractivity contribution in [1.29, 1.82) is 0 Å². The molecule has 1 nitrogen and oxygen atoms in total. The van der Waals surface area contributed by atoms with Crippen LogP contribution in [0.1, 0.15) is 46.5 Å². The van der Waals surface area contributed by atoms with Crippen LogP contribution >= 0.6 is 0 Å². The van der Waals surface area contributed by atoms with Crippen LogP contribution in [0.25, 0.3) is 0 Å². The molecule has 1 aliphatic rings. The highest BCUT2D eigenvalue weighted by Gasteiger charge is 2.37. The first-order valence-electron chi connectivity index (χ1n) is 7.06. The van der Waals surface area contributed by atoms with Gasteiger partial charge in [-0.3, -0.25) is 0 Å². The molecule has 0 fully saturated rings. The van der Waals surface area contributed by atoms with Crippen LogP contribution in [0.3, 0.4) is 0 Å². The first-order valence-corrected chi connectivity index (χ1v) is 7.06. The lowest BCUT2D eigenvalue weighted by Crippen LogP contribution is -2.24. The van der Waals surface area contributed by atoms with Gasteiger partial charge in [-0.15, -0.1) is 6.58 Å². The van der Waals surface area contributed by atoms with Gasteiger partial charge in [0.05, 0.1) is 0 Å². The lowest BCUT2D eigenvalue weighted by molar-refractivity contribution is 0.214. The lowest BCUT2D eigenvalue weighted by Gasteiger charge is -2.33. The molecule has 1 N–H and O–H groups in total. The van der Waals surface area contributed by atoms with Gasteiger partial charge in [-0.05, 0) is 36.5 Å². The van der Waals surface area contributed by atoms with Crippen molar-refractivity contribution in [3.8, 4) is 0 Å². The van der Waals surface area contributed by atoms with Crippen LogP contribution in [0.15, 0.2) is 36.5 Å². The van der Waals surface area contributed by atoms with Crippen molar-refractivity contribution in [3.05, 3.63) is 36.5 Å². The number of aliphatic hydroxyl groups excluding tert-OH is 1. The van der Waals surface area contributed by atoms with E-state index in [0.717, 1.165) is 25.7 Å². The monoisotopic (exact) mass is 248 g/mol. The Balaban J connectivity index is 2.69. The maximum absolute atomic E-state index is 9.32. The van der Waals surface area contributed by atoms with E-state index in [0.29, 0.717) is 11.8 Å². The summed E-state index contributed by atoms with van der Waals surface area (Å²) >= 11 is 0. The van der Waals surface area contributed by atoms with E-state index in [4.69, 9.17) is 0 Å². The molecule has 0 spiro atoms. The zero-order valence-corrected chi connectivity index (χ0v) is 12.2. The highest BCUT2D eigenvalue weighted by atomic mass is 16.3. The molecule has 0 bridgehead atoms. The van der Waals surface area contributed by atoms with Gasteiger partial charge in [-0.1, -0.05) is 57.1 Å². The maximum Gasteiger partial charge on any atom is 0.0462 e. The summed E-state index contributed by atoms with van der Waals surface area (Å²) in [5.41, 5.74) is 2.98. The van der Waals surface area contributed by atoms with Crippen molar-refractivity contribution in [2.24, 2.45) is 17.3 Å². The van der Waals surface area contributed by atoms with E-state index < -0.39 is 0 Å². The molecule has 2 unspecified atom stereocenters. The van der Waals surface area contributed by atoms with Crippen LogP contribution in [0.2, 0.25) is 0 Å². The second-order valence-electron chi connectivity index (χ2n) is 6.05. The Bertz CT molecular complexity index is 332. The van der Waals surface area contributed by atoms with E-state index in [1.807, 2.05) is 6.08 Å². The number of rotatable bonds is 7. The SMILES string of the molecule is C=CCC1=CCC(C(=C)CC(CC)CO)C1(C)C. The van der Waals surface area contributed by atoms with Gasteiger partial charge >= 0.3 is 0 Å². The van der Waals surface area contributed by atoms with Gasteiger partial charge < -0.3 is 5.11 Å². The zero-order chi connectivity index (χ0) is 13.8. The minimum atomic E-state index is 0.193. The van der Waals surface area contributed by atoms with Crippen LogP contribution in [0.4, 0.5) is 0 Å². The van der Waals surface area contributed by atoms with Gasteiger partial charge in [0, 0.05) is 6.61 Å². The molecule has 0 aromatic carbocycles. The minimum absolute atomic E-state index is 0.193. The molecule has 1 rings (SSSR count). The fourth-order valence-corrected chi connectivity index (χ4v) is 3.07. The Labute approximate surface area is 112 Å². The van der Waals surface area contributed by atoms with Crippen molar-refractivity contribution >= 4 is 0 Å². The quantitative estimate of drug-likeness (QED) is 0.658. The van der Waals surface area contributed by atoms with Crippen LogP contribution in [-0.2, 0) is 0 Å². The van der Waals surface area contributed by atoms with E-state index in [9.17, 15) is 5.11 Å². The Morgan fingerprint density at radius 2 is 2.28 bits per heavy atom. The zero-order valence-electron chi connectivity index (χ0n) is 12.2. The first-order chi connectivity index (χ1) is 8.47. The summed E-state index contributed by atoms with van der Waals surface area (Å²) < 4.78 is 0. The largest absolute Gasteiger partial charge is 0.396 e. The summed E-state index contributed by atoms with van der Waals surface area (Å²) in [5, 5.41) is 9.32. The van der Waals surface area contributed by atoms with Gasteiger partial charge in [0.15, 0.2) is 0 Å². The molecule has 0 heterocycles. The molecule has 18 heavy (non-hydrogen) atoms. The normalized spacial score (nSPS) is 23.6. The highest BCUT2D eigenvalue weighted by Crippen LogP contribution is 2.48. The first kappa shape index (κ1) is 15.2. The third-order valence-corrected chi connectivity index (χ3v) is 4.54. The van der Waals surface area contributed by atoms with Crippen molar-refractivity contribution in [2.75, 3.05) is 6.61 Å². The number of hydrogen-bond acceptors (Lipinski definition) is 1. The van der Waals surface area contributed by atoms with Gasteiger partial charge in [0.1, 0.15) is 0 Å². The van der Waals surface area contributed by atoms with E-state index in [1.54, 1.807) is 0 Å². The summed E-state index contributed by atoms with van der Waals surface area (Å²) in [6.45, 7) is 15.2. The Hall–Kier alpha value is -0.820. The molecule has 0 radical (unpaired) electrons. The summed E-state index contributed by atoms with van der Waals surface area (Å²) in [5.74, 6) is 0.893. The molecule has 102 valence electrons. The van der Waals surface area contributed by atoms with Gasteiger partial charge in [0.25, 0.3) is 0 Å². The summed E-state index contributed by atoms with van der Waals surface area (Å²) in [4.78, 5) is 0. The topological polar surface area (TPSA) is 20.2 Å². The molecule has 1 heteroatoms. The molecular weight excluding hydrogens is 220 g/mol. The maximum atomic E-state index is 9.32. The minimum Gasteiger partial charge on any atom is -0.396 e. The summed E-state index contributed by atoms with van der Waals surface area (Å²) in [6, 6.07) is 0. The lowest BCUT2D eigenvalue weighted by atomic mass is 9.71. The molecular formula is C17H28O. The Kier molecular flexibility index (Phi) is 5.40. The molecule has 1 aliphatic carbocycles. The van der Waals surface area contributed by atoms with Crippen LogP contribution in [0.5, 0.6) is 0 Å². The molecule has 0 aliphatic heterocycles. The average molecular weight is 248 g/mol. The van der Waals surface area contributed by atoms with Crippen molar-refractivity contribution in [1.82, 2.24) is 0 Å². The fourth-order valence-electron chi connectivity index (χ4n) is 3.07. The van der Waals surface area contributed by atoms with Crippen LogP contribution < -0.4 is 0 Å². The molecule has 0 amide bonds. The fraction of sp³-hybridized carbons (Fsp3) is 0.647. The molecule has 2 atom stereocenters. The molecule has 0 saturated carbocycles. The summed E-state index contributed by atoms with van der Waals surface area (Å²) in [7, 11) is 0. The Morgan fingerprint density at radius 3 is 2.78 bits per heavy atom. The van der Waals surface area contributed by atoms with Crippen molar-refractivity contribution < 1.29 is 5.11 Å². The van der Waals surface area contributed by atoms with Crippen LogP contribution in [-0.4, -0.2) is 11.7 Å². The molecule has 0 saturated heterocycles. The average Bonchev–Trinajstić information content (AvgIpc) is 2.62. The summed E-state index contributed by atoms with van der Waals surface area (Å²) in [6.07, 6.45) is 8.40. The highest BCUT2D eigenvalue weighted by molar-refractivity contribution is 5.28. The van der Waals surface area contributed by atoms with E-state index in [2.05, 4.69) is 40.0 Å². The van der Waals surface area contributed by atoms with Gasteiger partial charge in [-0.2, -0.15) is 0 Å². The van der Waals surface area contributed by atoms with E-state index >= 15 is 0 Å². The molecule has 0 aromatic rings. The number of hydrogen-bond donors (Lipinski definition) is 1. The second-order valence-corrected chi connectivity index (χ2v) is 6.05. The van der Waals surface area contributed by atoms with Gasteiger partial charge in [0.2, 0.25) is 0 Å². The van der Waals surface area contributed by atoms with E-state index in [1.165, 1.54) is 11.1 Å².